The lowest BCUT2D eigenvalue weighted by molar-refractivity contribution is -0.144. The monoisotopic (exact) mass is 397 g/mol. The van der Waals surface area contributed by atoms with Gasteiger partial charge in [-0.3, -0.25) is 4.79 Å². The van der Waals surface area contributed by atoms with E-state index >= 15 is 0 Å². The van der Waals surface area contributed by atoms with Crippen LogP contribution in [0.1, 0.15) is 21.9 Å². The lowest BCUT2D eigenvalue weighted by atomic mass is 10.1. The Labute approximate surface area is 141 Å². The van der Waals surface area contributed by atoms with Gasteiger partial charge in [-0.05, 0) is 28.1 Å². The Morgan fingerprint density at radius 2 is 1.75 bits per heavy atom. The number of carbonyl (C=O) groups is 1. The van der Waals surface area contributed by atoms with E-state index < -0.39 is 12.0 Å². The molecular weight excluding hydrogens is 391 g/mol. The van der Waals surface area contributed by atoms with Crippen LogP contribution in [0.2, 0.25) is 0 Å². The molecule has 0 N–H and O–H groups in total. The van der Waals surface area contributed by atoms with Gasteiger partial charge in [-0.2, -0.15) is 22.8 Å². The van der Waals surface area contributed by atoms with Crippen LogP contribution in [0.25, 0.3) is 5.82 Å². The maximum atomic E-state index is 12.6. The van der Waals surface area contributed by atoms with E-state index in [1.807, 2.05) is 0 Å². The second kappa shape index (κ2) is 6.11. The molecule has 0 atom stereocenters. The minimum atomic E-state index is -4.68. The molecule has 0 bridgehead atoms. The Hall–Kier alpha value is -2.62. The molecule has 0 spiro atoms. The van der Waals surface area contributed by atoms with Gasteiger partial charge in [0, 0.05) is 5.56 Å². The van der Waals surface area contributed by atoms with Crippen molar-refractivity contribution in [3.05, 3.63) is 64.3 Å². The molecular formula is C14H7BrF3N5O. The molecule has 10 heteroatoms. The number of rotatable bonds is 3. The highest BCUT2D eigenvalue weighted by Gasteiger charge is 2.37. The van der Waals surface area contributed by atoms with Crippen LogP contribution in [0.3, 0.4) is 0 Å². The molecule has 24 heavy (non-hydrogen) atoms. The molecule has 3 aromatic rings. The number of alkyl halides is 3. The van der Waals surface area contributed by atoms with Gasteiger partial charge in [0.25, 0.3) is 5.82 Å². The van der Waals surface area contributed by atoms with Gasteiger partial charge in [0.05, 0.1) is 0 Å². The molecule has 0 saturated heterocycles. The number of benzene rings is 1. The van der Waals surface area contributed by atoms with Crippen molar-refractivity contribution >= 4 is 21.7 Å². The fourth-order valence-electron chi connectivity index (χ4n) is 1.86. The van der Waals surface area contributed by atoms with Crippen LogP contribution in [0, 0.1) is 0 Å². The van der Waals surface area contributed by atoms with Gasteiger partial charge in [-0.1, -0.05) is 30.3 Å². The maximum Gasteiger partial charge on any atom is 0.453 e. The van der Waals surface area contributed by atoms with Crippen LogP contribution in [-0.4, -0.2) is 30.7 Å². The third-order valence-electron chi connectivity index (χ3n) is 2.96. The second-order valence-corrected chi connectivity index (χ2v) is 5.30. The molecule has 122 valence electrons. The van der Waals surface area contributed by atoms with E-state index in [4.69, 9.17) is 0 Å². The number of ketones is 1. The normalized spacial score (nSPS) is 11.5. The van der Waals surface area contributed by atoms with Crippen LogP contribution in [-0.2, 0) is 6.18 Å². The van der Waals surface area contributed by atoms with Crippen LogP contribution in [0.15, 0.2) is 47.2 Å². The first kappa shape index (κ1) is 16.2. The number of hydrogen-bond acceptors (Lipinski definition) is 5. The van der Waals surface area contributed by atoms with E-state index in [1.54, 1.807) is 30.3 Å². The molecule has 0 amide bonds. The molecule has 0 radical (unpaired) electrons. The van der Waals surface area contributed by atoms with E-state index in [2.05, 4.69) is 36.2 Å². The summed E-state index contributed by atoms with van der Waals surface area (Å²) in [5.41, 5.74) is 0.498. The average Bonchev–Trinajstić information content (AvgIpc) is 2.97. The highest BCUT2D eigenvalue weighted by molar-refractivity contribution is 9.10. The van der Waals surface area contributed by atoms with Crippen molar-refractivity contribution in [2.75, 3.05) is 0 Å². The summed E-state index contributed by atoms with van der Waals surface area (Å²) < 4.78 is 38.5. The SMILES string of the molecule is O=C(c1ccccc1)c1ccc(-n2nc(C(F)(F)F)nc2Br)nn1. The molecule has 2 aromatic heterocycles. The number of aromatic nitrogens is 5. The molecule has 3 rings (SSSR count). The summed E-state index contributed by atoms with van der Waals surface area (Å²) in [6.45, 7) is 0. The van der Waals surface area contributed by atoms with Crippen LogP contribution in [0.4, 0.5) is 13.2 Å². The van der Waals surface area contributed by atoms with Gasteiger partial charge in [-0.15, -0.1) is 15.3 Å². The minimum Gasteiger partial charge on any atom is -0.287 e. The highest BCUT2D eigenvalue weighted by Crippen LogP contribution is 2.28. The second-order valence-electron chi connectivity index (χ2n) is 4.59. The zero-order valence-electron chi connectivity index (χ0n) is 11.7. The quantitative estimate of drug-likeness (QED) is 0.635. The maximum absolute atomic E-state index is 12.6. The fraction of sp³-hybridized carbons (Fsp3) is 0.0714. The zero-order chi connectivity index (χ0) is 17.3. The first-order chi connectivity index (χ1) is 11.4. The van der Waals surface area contributed by atoms with E-state index in [0.29, 0.717) is 5.56 Å². The number of hydrogen-bond donors (Lipinski definition) is 0. The first-order valence-corrected chi connectivity index (χ1v) is 7.29. The fourth-order valence-corrected chi connectivity index (χ4v) is 2.28. The van der Waals surface area contributed by atoms with Crippen LogP contribution >= 0.6 is 15.9 Å². The highest BCUT2D eigenvalue weighted by atomic mass is 79.9. The predicted octanol–water partition coefficient (Wildman–Crippen LogP) is 3.07. The molecule has 6 nitrogen and oxygen atoms in total. The van der Waals surface area contributed by atoms with Crippen molar-refractivity contribution in [3.8, 4) is 5.82 Å². The summed E-state index contributed by atoms with van der Waals surface area (Å²) in [4.78, 5) is 15.5. The topological polar surface area (TPSA) is 73.6 Å². The third-order valence-corrected chi connectivity index (χ3v) is 3.47. The van der Waals surface area contributed by atoms with Crippen molar-refractivity contribution in [2.24, 2.45) is 0 Å². The predicted molar refractivity (Wildman–Crippen MR) is 79.5 cm³/mol. The van der Waals surface area contributed by atoms with Gasteiger partial charge in [0.1, 0.15) is 5.69 Å². The summed E-state index contributed by atoms with van der Waals surface area (Å²) in [5, 5.41) is 10.8. The molecule has 0 aliphatic heterocycles. The lowest BCUT2D eigenvalue weighted by Gasteiger charge is -2.02. The third kappa shape index (κ3) is 3.18. The van der Waals surface area contributed by atoms with Crippen LogP contribution < -0.4 is 0 Å². The minimum absolute atomic E-state index is 0.00510. The van der Waals surface area contributed by atoms with Gasteiger partial charge < -0.3 is 0 Å². The van der Waals surface area contributed by atoms with Crippen molar-refractivity contribution in [3.63, 3.8) is 0 Å². The van der Waals surface area contributed by atoms with Gasteiger partial charge in [0.15, 0.2) is 5.82 Å². The standard InChI is InChI=1S/C14H7BrF3N5O/c15-13-19-12(14(16,17)18)22-23(13)10-7-6-9(20-21-10)11(24)8-4-2-1-3-5-8/h1-7H. The summed E-state index contributed by atoms with van der Waals surface area (Å²) in [6, 6.07) is 11.1. The largest absolute Gasteiger partial charge is 0.453 e. The van der Waals surface area contributed by atoms with E-state index in [9.17, 15) is 18.0 Å². The molecule has 0 saturated carbocycles. The van der Waals surface area contributed by atoms with Crippen molar-refractivity contribution in [2.45, 2.75) is 6.18 Å². The molecule has 0 aliphatic rings. The number of carbonyl (C=O) groups excluding carboxylic acids is 1. The van der Waals surface area contributed by atoms with Crippen molar-refractivity contribution in [1.82, 2.24) is 25.0 Å². The Balaban J connectivity index is 1.90. The summed E-state index contributed by atoms with van der Waals surface area (Å²) >= 11 is 2.89. The number of halogens is 4. The lowest BCUT2D eigenvalue weighted by Crippen LogP contribution is -2.10. The van der Waals surface area contributed by atoms with E-state index in [-0.39, 0.29) is 22.0 Å². The van der Waals surface area contributed by atoms with Crippen LogP contribution in [0.5, 0.6) is 0 Å². The molecule has 0 aliphatic carbocycles. The van der Waals surface area contributed by atoms with Gasteiger partial charge >= 0.3 is 6.18 Å². The van der Waals surface area contributed by atoms with Crippen molar-refractivity contribution in [1.29, 1.82) is 0 Å². The summed E-state index contributed by atoms with van der Waals surface area (Å²) in [5.74, 6) is -1.65. The summed E-state index contributed by atoms with van der Waals surface area (Å²) in [6.07, 6.45) is -4.68. The molecule has 2 heterocycles. The molecule has 0 fully saturated rings. The molecule has 1 aromatic carbocycles. The van der Waals surface area contributed by atoms with Gasteiger partial charge in [0.2, 0.25) is 10.5 Å². The summed E-state index contributed by atoms with van der Waals surface area (Å²) in [7, 11) is 0. The Morgan fingerprint density at radius 1 is 1.04 bits per heavy atom. The smallest absolute Gasteiger partial charge is 0.287 e. The Bertz CT molecular complexity index is 878. The molecule has 0 unspecified atom stereocenters. The van der Waals surface area contributed by atoms with E-state index in [1.165, 1.54) is 12.1 Å². The van der Waals surface area contributed by atoms with Gasteiger partial charge in [-0.25, -0.2) is 0 Å². The van der Waals surface area contributed by atoms with E-state index in [0.717, 1.165) is 4.68 Å². The number of nitrogens with zero attached hydrogens (tertiary/aromatic N) is 5. The average molecular weight is 398 g/mol. The Kier molecular flexibility index (Phi) is 4.14. The first-order valence-electron chi connectivity index (χ1n) is 6.50. The Morgan fingerprint density at radius 3 is 2.29 bits per heavy atom. The zero-order valence-corrected chi connectivity index (χ0v) is 13.3. The van der Waals surface area contributed by atoms with Crippen molar-refractivity contribution < 1.29 is 18.0 Å².